The first-order valence-electron chi connectivity index (χ1n) is 6.55. The van der Waals surface area contributed by atoms with E-state index in [0.717, 1.165) is 0 Å². The molecule has 1 fully saturated rings. The van der Waals surface area contributed by atoms with Gasteiger partial charge in [0.25, 0.3) is 0 Å². The van der Waals surface area contributed by atoms with Crippen LogP contribution in [0.2, 0.25) is 0 Å². The van der Waals surface area contributed by atoms with Gasteiger partial charge in [0.2, 0.25) is 0 Å². The topological polar surface area (TPSA) is 52.6 Å². The van der Waals surface area contributed by atoms with Crippen LogP contribution in [0.15, 0.2) is 30.3 Å². The fourth-order valence-electron chi connectivity index (χ4n) is 2.38. The van der Waals surface area contributed by atoms with Gasteiger partial charge in [-0.25, -0.2) is 0 Å². The van der Waals surface area contributed by atoms with E-state index in [1.54, 1.807) is 31.2 Å². The molecule has 19 heavy (non-hydrogen) atoms. The van der Waals surface area contributed by atoms with Crippen LogP contribution in [0.5, 0.6) is 0 Å². The summed E-state index contributed by atoms with van der Waals surface area (Å²) in [5.41, 5.74) is -0.521. The van der Waals surface area contributed by atoms with Gasteiger partial charge in [-0.05, 0) is 19.8 Å². The molecular weight excluding hydrogens is 244 g/mol. The van der Waals surface area contributed by atoms with E-state index >= 15 is 0 Å². The number of hydrogen-bond donors (Lipinski definition) is 0. The number of rotatable bonds is 4. The second kappa shape index (κ2) is 5.97. The normalized spacial score (nSPS) is 17.7. The Bertz CT molecular complexity index is 446. The molecule has 1 aliphatic rings. The predicted octanol–water partition coefficient (Wildman–Crippen LogP) is 2.23. The summed E-state index contributed by atoms with van der Waals surface area (Å²) in [5, 5.41) is 0. The van der Waals surface area contributed by atoms with E-state index in [9.17, 15) is 9.59 Å². The monoisotopic (exact) mass is 262 g/mol. The summed E-state index contributed by atoms with van der Waals surface area (Å²) in [5.74, 6) is -0.581. The van der Waals surface area contributed by atoms with E-state index in [-0.39, 0.29) is 12.4 Å². The van der Waals surface area contributed by atoms with Gasteiger partial charge in [-0.15, -0.1) is 0 Å². The van der Waals surface area contributed by atoms with Crippen LogP contribution < -0.4 is 0 Å². The molecule has 0 saturated carbocycles. The number of ketones is 1. The summed E-state index contributed by atoms with van der Waals surface area (Å²) in [7, 11) is 0. The average molecular weight is 262 g/mol. The van der Waals surface area contributed by atoms with Crippen molar-refractivity contribution in [3.8, 4) is 0 Å². The molecule has 102 valence electrons. The molecule has 0 aromatic heterocycles. The minimum Gasteiger partial charge on any atom is -0.465 e. The van der Waals surface area contributed by atoms with Crippen LogP contribution in [0, 0.1) is 5.41 Å². The van der Waals surface area contributed by atoms with Crippen molar-refractivity contribution >= 4 is 11.8 Å². The smallest absolute Gasteiger partial charge is 0.320 e. The van der Waals surface area contributed by atoms with Crippen molar-refractivity contribution in [3.05, 3.63) is 35.9 Å². The van der Waals surface area contributed by atoms with Crippen molar-refractivity contribution in [2.24, 2.45) is 5.41 Å². The Morgan fingerprint density at radius 2 is 1.84 bits per heavy atom. The van der Waals surface area contributed by atoms with Gasteiger partial charge in [0.15, 0.2) is 5.78 Å². The van der Waals surface area contributed by atoms with Gasteiger partial charge in [-0.2, -0.15) is 0 Å². The molecule has 0 atom stereocenters. The third-order valence-corrected chi connectivity index (χ3v) is 3.48. The van der Waals surface area contributed by atoms with E-state index < -0.39 is 11.4 Å². The Morgan fingerprint density at radius 3 is 2.42 bits per heavy atom. The Kier molecular flexibility index (Phi) is 4.32. The number of esters is 1. The largest absolute Gasteiger partial charge is 0.465 e. The maximum Gasteiger partial charge on any atom is 0.320 e. The highest BCUT2D eigenvalue weighted by molar-refractivity contribution is 6.12. The van der Waals surface area contributed by atoms with E-state index in [4.69, 9.17) is 9.47 Å². The summed E-state index contributed by atoms with van der Waals surface area (Å²) in [6.07, 6.45) is 0.777. The fraction of sp³-hybridized carbons (Fsp3) is 0.467. The molecule has 0 amide bonds. The van der Waals surface area contributed by atoms with Crippen molar-refractivity contribution in [2.45, 2.75) is 19.8 Å². The van der Waals surface area contributed by atoms with Crippen LogP contribution in [0.3, 0.4) is 0 Å². The molecule has 0 spiro atoms. The Hall–Kier alpha value is -1.68. The van der Waals surface area contributed by atoms with Crippen LogP contribution in [0.1, 0.15) is 30.1 Å². The standard InChI is InChI=1S/C15H18O4/c1-2-19-14(17)15(8-10-18-11-9-15)13(16)12-6-4-3-5-7-12/h3-7H,2,8-11H2,1H3. The Balaban J connectivity index is 2.32. The molecule has 0 N–H and O–H groups in total. The van der Waals surface area contributed by atoms with Crippen molar-refractivity contribution in [1.82, 2.24) is 0 Å². The Labute approximate surface area is 112 Å². The van der Waals surface area contributed by atoms with Crippen molar-refractivity contribution in [2.75, 3.05) is 19.8 Å². The third kappa shape index (κ3) is 2.68. The molecule has 0 aliphatic carbocycles. The second-order valence-corrected chi connectivity index (χ2v) is 4.61. The summed E-state index contributed by atoms with van der Waals surface area (Å²) in [6, 6.07) is 8.91. The van der Waals surface area contributed by atoms with Crippen molar-refractivity contribution in [3.63, 3.8) is 0 Å². The molecule has 4 nitrogen and oxygen atoms in total. The maximum atomic E-state index is 12.7. The fourth-order valence-corrected chi connectivity index (χ4v) is 2.38. The van der Waals surface area contributed by atoms with Gasteiger partial charge in [0.1, 0.15) is 5.41 Å². The zero-order valence-corrected chi connectivity index (χ0v) is 11.1. The maximum absolute atomic E-state index is 12.7. The quantitative estimate of drug-likeness (QED) is 0.474. The number of hydrogen-bond acceptors (Lipinski definition) is 4. The number of carbonyl (C=O) groups excluding carboxylic acids is 2. The average Bonchev–Trinajstić information content (AvgIpc) is 2.48. The lowest BCUT2D eigenvalue weighted by molar-refractivity contribution is -0.156. The zero-order valence-electron chi connectivity index (χ0n) is 11.1. The SMILES string of the molecule is CCOC(=O)C1(C(=O)c2ccccc2)CCOCC1. The number of ether oxygens (including phenoxy) is 2. The minimum absolute atomic E-state index is 0.158. The van der Waals surface area contributed by atoms with Crippen LogP contribution >= 0.6 is 0 Å². The van der Waals surface area contributed by atoms with E-state index in [1.165, 1.54) is 0 Å². The predicted molar refractivity (Wildman–Crippen MR) is 69.9 cm³/mol. The number of carbonyl (C=O) groups is 2. The van der Waals surface area contributed by atoms with Gasteiger partial charge >= 0.3 is 5.97 Å². The molecule has 1 saturated heterocycles. The molecule has 1 aromatic carbocycles. The van der Waals surface area contributed by atoms with E-state index in [1.807, 2.05) is 6.07 Å². The molecule has 2 rings (SSSR count). The third-order valence-electron chi connectivity index (χ3n) is 3.48. The lowest BCUT2D eigenvalue weighted by Crippen LogP contribution is -2.45. The van der Waals surface area contributed by atoms with Crippen LogP contribution in [0.4, 0.5) is 0 Å². The molecule has 0 bridgehead atoms. The minimum atomic E-state index is -1.07. The first-order chi connectivity index (χ1) is 9.20. The Morgan fingerprint density at radius 1 is 1.21 bits per heavy atom. The number of Topliss-reactive ketones (excluding diaryl/α,β-unsaturated/α-hetero) is 1. The molecular formula is C15H18O4. The van der Waals surface area contributed by atoms with Crippen LogP contribution in [0.25, 0.3) is 0 Å². The lowest BCUT2D eigenvalue weighted by atomic mass is 9.74. The summed E-state index contributed by atoms with van der Waals surface area (Å²) >= 11 is 0. The van der Waals surface area contributed by atoms with E-state index in [2.05, 4.69) is 0 Å². The summed E-state index contributed by atoms with van der Waals surface area (Å²) in [6.45, 7) is 2.86. The highest BCUT2D eigenvalue weighted by Gasteiger charge is 2.48. The molecule has 1 aliphatic heterocycles. The van der Waals surface area contributed by atoms with Gasteiger partial charge in [0, 0.05) is 18.8 Å². The van der Waals surface area contributed by atoms with Crippen LogP contribution in [-0.4, -0.2) is 31.6 Å². The number of benzene rings is 1. The summed E-state index contributed by atoms with van der Waals surface area (Å²) < 4.78 is 10.4. The second-order valence-electron chi connectivity index (χ2n) is 4.61. The summed E-state index contributed by atoms with van der Waals surface area (Å²) in [4.78, 5) is 24.9. The molecule has 1 heterocycles. The van der Waals surface area contributed by atoms with Crippen molar-refractivity contribution < 1.29 is 19.1 Å². The van der Waals surface area contributed by atoms with Gasteiger partial charge < -0.3 is 9.47 Å². The molecule has 0 radical (unpaired) electrons. The molecule has 0 unspecified atom stereocenters. The first kappa shape index (κ1) is 13.7. The van der Waals surface area contributed by atoms with Crippen LogP contribution in [-0.2, 0) is 14.3 Å². The highest BCUT2D eigenvalue weighted by atomic mass is 16.5. The first-order valence-corrected chi connectivity index (χ1v) is 6.55. The van der Waals surface area contributed by atoms with Gasteiger partial charge in [-0.3, -0.25) is 9.59 Å². The molecule has 1 aromatic rings. The van der Waals surface area contributed by atoms with Crippen molar-refractivity contribution in [1.29, 1.82) is 0 Å². The zero-order chi connectivity index (χ0) is 13.7. The van der Waals surface area contributed by atoms with Gasteiger partial charge in [-0.1, -0.05) is 30.3 Å². The molecule has 4 heteroatoms. The highest BCUT2D eigenvalue weighted by Crippen LogP contribution is 2.35. The van der Waals surface area contributed by atoms with Gasteiger partial charge in [0.05, 0.1) is 6.61 Å². The lowest BCUT2D eigenvalue weighted by Gasteiger charge is -2.33. The van der Waals surface area contributed by atoms with E-state index in [0.29, 0.717) is 31.6 Å².